The summed E-state index contributed by atoms with van der Waals surface area (Å²) in [5.74, 6) is 2.87. The minimum atomic E-state index is 0.0563. The molecule has 0 unspecified atom stereocenters. The number of anilines is 1. The van der Waals surface area contributed by atoms with Gasteiger partial charge in [0, 0.05) is 31.1 Å². The van der Waals surface area contributed by atoms with Gasteiger partial charge in [0.2, 0.25) is 5.91 Å². The van der Waals surface area contributed by atoms with E-state index in [0.717, 1.165) is 53.4 Å². The lowest BCUT2D eigenvalue weighted by atomic mass is 10.1. The van der Waals surface area contributed by atoms with E-state index in [2.05, 4.69) is 29.7 Å². The van der Waals surface area contributed by atoms with E-state index in [1.165, 1.54) is 5.56 Å². The molecule has 1 fully saturated rings. The van der Waals surface area contributed by atoms with E-state index in [-0.39, 0.29) is 11.8 Å². The quantitative estimate of drug-likeness (QED) is 0.294. The monoisotopic (exact) mass is 469 g/mol. The van der Waals surface area contributed by atoms with Gasteiger partial charge >= 0.3 is 0 Å². The fourth-order valence-electron chi connectivity index (χ4n) is 4.73. The Kier molecular flexibility index (Phi) is 6.70. The molecule has 3 aromatic carbocycles. The van der Waals surface area contributed by atoms with E-state index in [9.17, 15) is 4.79 Å². The first kappa shape index (κ1) is 23.0. The van der Waals surface area contributed by atoms with Gasteiger partial charge in [-0.2, -0.15) is 0 Å². The van der Waals surface area contributed by atoms with Crippen molar-refractivity contribution < 1.29 is 14.3 Å². The molecule has 1 aliphatic rings. The summed E-state index contributed by atoms with van der Waals surface area (Å²) in [6.45, 7) is 4.23. The number of benzene rings is 3. The zero-order valence-electron chi connectivity index (χ0n) is 20.3. The van der Waals surface area contributed by atoms with E-state index in [0.29, 0.717) is 19.6 Å². The molecule has 1 atom stereocenters. The van der Waals surface area contributed by atoms with Gasteiger partial charge in [0.05, 0.1) is 24.8 Å². The highest BCUT2D eigenvalue weighted by Gasteiger charge is 2.34. The Bertz CT molecular complexity index is 1300. The normalized spacial score (nSPS) is 15.7. The van der Waals surface area contributed by atoms with Crippen LogP contribution in [0.25, 0.3) is 11.0 Å². The van der Waals surface area contributed by atoms with Crippen LogP contribution in [0.15, 0.2) is 72.8 Å². The highest BCUT2D eigenvalue weighted by molar-refractivity contribution is 5.96. The average Bonchev–Trinajstić information content (AvgIpc) is 3.45. The second kappa shape index (κ2) is 10.2. The van der Waals surface area contributed by atoms with Crippen LogP contribution in [0.1, 0.15) is 36.6 Å². The van der Waals surface area contributed by atoms with Gasteiger partial charge in [-0.3, -0.25) is 4.79 Å². The van der Waals surface area contributed by atoms with Crippen LogP contribution in [0.3, 0.4) is 0 Å². The van der Waals surface area contributed by atoms with Crippen LogP contribution in [-0.2, 0) is 11.3 Å². The summed E-state index contributed by atoms with van der Waals surface area (Å²) >= 11 is 0. The number of hydrogen-bond donors (Lipinski definition) is 0. The predicted octanol–water partition coefficient (Wildman–Crippen LogP) is 5.73. The molecular formula is C29H31N3O3. The van der Waals surface area contributed by atoms with Crippen molar-refractivity contribution in [2.24, 2.45) is 0 Å². The molecule has 6 nitrogen and oxygen atoms in total. The molecule has 35 heavy (non-hydrogen) atoms. The first-order valence-electron chi connectivity index (χ1n) is 12.2. The predicted molar refractivity (Wildman–Crippen MR) is 138 cm³/mol. The number of para-hydroxylation sites is 2. The van der Waals surface area contributed by atoms with E-state index >= 15 is 0 Å². The highest BCUT2D eigenvalue weighted by atomic mass is 16.5. The third-order valence-corrected chi connectivity index (χ3v) is 6.62. The molecule has 6 heteroatoms. The first-order chi connectivity index (χ1) is 17.1. The van der Waals surface area contributed by atoms with Gasteiger partial charge < -0.3 is 18.9 Å². The minimum Gasteiger partial charge on any atom is -0.497 e. The third-order valence-electron chi connectivity index (χ3n) is 6.62. The number of carbonyl (C=O) groups is 1. The highest BCUT2D eigenvalue weighted by Crippen LogP contribution is 2.34. The Morgan fingerprint density at radius 3 is 2.46 bits per heavy atom. The standard InChI is InChI=1S/C29H31N3O3/c1-21-9-13-25(14-10-21)35-18-6-5-17-31-27-8-4-3-7-26(27)30-29(31)22-19-28(33)32(20-22)23-11-15-24(34-2)16-12-23/h3-4,7-16,22H,5-6,17-20H2,1-2H3/t22-/m1/s1. The van der Waals surface area contributed by atoms with Gasteiger partial charge in [-0.1, -0.05) is 29.8 Å². The Balaban J connectivity index is 1.28. The summed E-state index contributed by atoms with van der Waals surface area (Å²) in [6, 6.07) is 24.1. The molecule has 5 rings (SSSR count). The number of rotatable bonds is 9. The van der Waals surface area contributed by atoms with Gasteiger partial charge in [-0.25, -0.2) is 4.98 Å². The summed E-state index contributed by atoms with van der Waals surface area (Å²) < 4.78 is 13.5. The van der Waals surface area contributed by atoms with Crippen molar-refractivity contribution in [3.8, 4) is 11.5 Å². The van der Waals surface area contributed by atoms with Crippen molar-refractivity contribution >= 4 is 22.6 Å². The Morgan fingerprint density at radius 2 is 1.69 bits per heavy atom. The van der Waals surface area contributed by atoms with Crippen molar-refractivity contribution in [1.82, 2.24) is 9.55 Å². The number of hydrogen-bond acceptors (Lipinski definition) is 4. The average molecular weight is 470 g/mol. The second-order valence-corrected chi connectivity index (χ2v) is 9.08. The summed E-state index contributed by atoms with van der Waals surface area (Å²) in [5, 5.41) is 0. The number of fused-ring (bicyclic) bond motifs is 1. The summed E-state index contributed by atoms with van der Waals surface area (Å²) in [7, 11) is 1.64. The van der Waals surface area contributed by atoms with Crippen LogP contribution in [0.5, 0.6) is 11.5 Å². The number of amides is 1. The van der Waals surface area contributed by atoms with Crippen molar-refractivity contribution in [3.05, 3.63) is 84.2 Å². The molecule has 0 radical (unpaired) electrons. The van der Waals surface area contributed by atoms with Crippen LogP contribution < -0.4 is 14.4 Å². The van der Waals surface area contributed by atoms with Gasteiger partial charge in [-0.15, -0.1) is 0 Å². The molecule has 1 aliphatic heterocycles. The van der Waals surface area contributed by atoms with Crippen molar-refractivity contribution in [2.75, 3.05) is 25.2 Å². The third kappa shape index (κ3) is 5.02. The van der Waals surface area contributed by atoms with Crippen LogP contribution in [0.4, 0.5) is 5.69 Å². The largest absolute Gasteiger partial charge is 0.497 e. The number of ether oxygens (including phenoxy) is 2. The minimum absolute atomic E-state index is 0.0563. The Morgan fingerprint density at radius 1 is 0.943 bits per heavy atom. The van der Waals surface area contributed by atoms with E-state index < -0.39 is 0 Å². The molecule has 0 bridgehead atoms. The first-order valence-corrected chi connectivity index (χ1v) is 12.2. The lowest BCUT2D eigenvalue weighted by molar-refractivity contribution is -0.117. The van der Waals surface area contributed by atoms with Crippen LogP contribution >= 0.6 is 0 Å². The Labute approximate surface area is 206 Å². The molecule has 180 valence electrons. The molecule has 4 aromatic rings. The lowest BCUT2D eigenvalue weighted by Gasteiger charge is -2.18. The van der Waals surface area contributed by atoms with Crippen LogP contribution in [-0.4, -0.2) is 35.7 Å². The van der Waals surface area contributed by atoms with Crippen molar-refractivity contribution in [3.63, 3.8) is 0 Å². The number of unbranched alkanes of at least 4 members (excludes halogenated alkanes) is 1. The number of methoxy groups -OCH3 is 1. The maximum atomic E-state index is 12.9. The Hall–Kier alpha value is -3.80. The maximum absolute atomic E-state index is 12.9. The van der Waals surface area contributed by atoms with E-state index in [1.807, 2.05) is 59.5 Å². The number of imidazole rings is 1. The van der Waals surface area contributed by atoms with E-state index in [4.69, 9.17) is 14.5 Å². The van der Waals surface area contributed by atoms with Gasteiger partial charge in [0.15, 0.2) is 0 Å². The maximum Gasteiger partial charge on any atom is 0.227 e. The van der Waals surface area contributed by atoms with E-state index in [1.54, 1.807) is 7.11 Å². The molecule has 1 amide bonds. The van der Waals surface area contributed by atoms with Gasteiger partial charge in [0.1, 0.15) is 17.3 Å². The smallest absolute Gasteiger partial charge is 0.227 e. The van der Waals surface area contributed by atoms with Crippen LogP contribution in [0, 0.1) is 6.92 Å². The molecule has 0 spiro atoms. The SMILES string of the molecule is COc1ccc(N2C[C@H](c3nc4ccccc4n3CCCCOc3ccc(C)cc3)CC2=O)cc1. The summed E-state index contributed by atoms with van der Waals surface area (Å²) in [5.41, 5.74) is 4.23. The fraction of sp³-hybridized carbons (Fsp3) is 0.310. The lowest BCUT2D eigenvalue weighted by Crippen LogP contribution is -2.24. The molecule has 2 heterocycles. The van der Waals surface area contributed by atoms with Gasteiger partial charge in [-0.05, 0) is 68.3 Å². The second-order valence-electron chi connectivity index (χ2n) is 9.08. The molecular weight excluding hydrogens is 438 g/mol. The molecule has 1 aromatic heterocycles. The molecule has 0 aliphatic carbocycles. The number of nitrogens with zero attached hydrogens (tertiary/aromatic N) is 3. The zero-order valence-corrected chi connectivity index (χ0v) is 20.3. The van der Waals surface area contributed by atoms with Gasteiger partial charge in [0.25, 0.3) is 0 Å². The topological polar surface area (TPSA) is 56.6 Å². The number of aryl methyl sites for hydroxylation is 2. The van der Waals surface area contributed by atoms with Crippen molar-refractivity contribution in [1.29, 1.82) is 0 Å². The molecule has 0 saturated carbocycles. The number of carbonyl (C=O) groups excluding carboxylic acids is 1. The van der Waals surface area contributed by atoms with Crippen LogP contribution in [0.2, 0.25) is 0 Å². The van der Waals surface area contributed by atoms with Crippen molar-refractivity contribution in [2.45, 2.75) is 38.6 Å². The zero-order chi connectivity index (χ0) is 24.2. The summed E-state index contributed by atoms with van der Waals surface area (Å²) in [4.78, 5) is 19.8. The molecule has 0 N–H and O–H groups in total. The fourth-order valence-corrected chi connectivity index (χ4v) is 4.73. The summed E-state index contributed by atoms with van der Waals surface area (Å²) in [6.07, 6.45) is 2.38. The molecule has 1 saturated heterocycles. The number of aromatic nitrogens is 2.